The first-order chi connectivity index (χ1) is 10.9. The summed E-state index contributed by atoms with van der Waals surface area (Å²) in [5, 5.41) is 0. The van der Waals surface area contributed by atoms with E-state index in [1.54, 1.807) is 6.20 Å². The van der Waals surface area contributed by atoms with Crippen molar-refractivity contribution in [2.45, 2.75) is 52.4 Å². The second kappa shape index (κ2) is 5.69. The fraction of sp³-hybridized carbons (Fsp3) is 0.556. The van der Waals surface area contributed by atoms with Gasteiger partial charge in [0.1, 0.15) is 5.69 Å². The molecule has 6 heteroatoms. The minimum absolute atomic E-state index is 0.217. The Kier molecular flexibility index (Phi) is 4.29. The third-order valence-corrected chi connectivity index (χ3v) is 4.06. The van der Waals surface area contributed by atoms with Crippen LogP contribution in [0.2, 0.25) is 0 Å². The van der Waals surface area contributed by atoms with Gasteiger partial charge in [0.15, 0.2) is 0 Å². The van der Waals surface area contributed by atoms with E-state index in [-0.39, 0.29) is 10.8 Å². The minimum atomic E-state index is -0.489. The highest BCUT2D eigenvalue weighted by Gasteiger charge is 2.34. The summed E-state index contributed by atoms with van der Waals surface area (Å²) in [7, 11) is 2.69. The Balaban J connectivity index is 3.01. The number of aromatic amines is 1. The number of ether oxygens (including phenoxy) is 2. The topological polar surface area (TPSA) is 73.3 Å². The largest absolute Gasteiger partial charge is 0.464 e. The summed E-state index contributed by atoms with van der Waals surface area (Å²) >= 11 is 0. The van der Waals surface area contributed by atoms with Crippen molar-refractivity contribution in [3.05, 3.63) is 23.0 Å². The lowest BCUT2D eigenvalue weighted by atomic mass is 9.85. The molecule has 0 saturated carbocycles. The number of hydrogen-bond acceptors (Lipinski definition) is 4. The lowest BCUT2D eigenvalue weighted by Crippen LogP contribution is -2.20. The molecule has 0 atom stereocenters. The van der Waals surface area contributed by atoms with E-state index in [0.29, 0.717) is 11.2 Å². The highest BCUT2D eigenvalue weighted by atomic mass is 16.5. The average molecular weight is 334 g/mol. The summed E-state index contributed by atoms with van der Waals surface area (Å²) in [5.41, 5.74) is 2.89. The lowest BCUT2D eigenvalue weighted by Gasteiger charge is -2.20. The summed E-state index contributed by atoms with van der Waals surface area (Å²) in [4.78, 5) is 27.8. The van der Waals surface area contributed by atoms with Gasteiger partial charge in [-0.05, 0) is 16.4 Å². The average Bonchev–Trinajstić information content (AvgIpc) is 3.00. The number of rotatable bonds is 1. The molecule has 0 fully saturated rings. The van der Waals surface area contributed by atoms with Crippen LogP contribution in [0.1, 0.15) is 63.2 Å². The van der Waals surface area contributed by atoms with Crippen LogP contribution in [0.4, 0.5) is 4.79 Å². The highest BCUT2D eigenvalue weighted by molar-refractivity contribution is 6.02. The van der Waals surface area contributed by atoms with Crippen LogP contribution in [0.3, 0.4) is 0 Å². The van der Waals surface area contributed by atoms with E-state index < -0.39 is 12.1 Å². The van der Waals surface area contributed by atoms with Gasteiger partial charge in [0.25, 0.3) is 0 Å². The third-order valence-electron chi connectivity index (χ3n) is 4.06. The predicted octanol–water partition coefficient (Wildman–Crippen LogP) is 3.97. The van der Waals surface area contributed by atoms with Crippen molar-refractivity contribution < 1.29 is 19.1 Å². The Bertz CT molecular complexity index is 798. The van der Waals surface area contributed by atoms with Gasteiger partial charge in [-0.25, -0.2) is 9.59 Å². The second-order valence-corrected chi connectivity index (χ2v) is 7.97. The molecule has 0 aliphatic carbocycles. The molecule has 0 aromatic carbocycles. The van der Waals surface area contributed by atoms with Gasteiger partial charge >= 0.3 is 12.1 Å². The maximum absolute atomic E-state index is 12.3. The molecular formula is C18H26N2O4. The zero-order valence-electron chi connectivity index (χ0n) is 15.7. The van der Waals surface area contributed by atoms with E-state index in [2.05, 4.69) is 25.8 Å². The predicted molar refractivity (Wildman–Crippen MR) is 92.8 cm³/mol. The molecule has 0 spiro atoms. The van der Waals surface area contributed by atoms with Gasteiger partial charge in [-0.2, -0.15) is 0 Å². The number of H-pyrrole nitrogens is 1. The van der Waals surface area contributed by atoms with E-state index in [1.165, 1.54) is 18.8 Å². The Morgan fingerprint density at radius 1 is 1.00 bits per heavy atom. The zero-order chi connectivity index (χ0) is 18.4. The molecule has 0 bridgehead atoms. The summed E-state index contributed by atoms with van der Waals surface area (Å²) in [6.07, 6.45) is 1.29. The molecule has 0 unspecified atom stereocenters. The van der Waals surface area contributed by atoms with Crippen LogP contribution in [-0.4, -0.2) is 35.8 Å². The first-order valence-corrected chi connectivity index (χ1v) is 7.88. The molecule has 24 heavy (non-hydrogen) atoms. The molecule has 2 heterocycles. The van der Waals surface area contributed by atoms with E-state index >= 15 is 0 Å². The molecule has 2 rings (SSSR count). The van der Waals surface area contributed by atoms with Crippen molar-refractivity contribution in [3.63, 3.8) is 0 Å². The second-order valence-electron chi connectivity index (χ2n) is 7.97. The van der Waals surface area contributed by atoms with E-state index in [9.17, 15) is 9.59 Å². The lowest BCUT2D eigenvalue weighted by molar-refractivity contribution is 0.0592. The molecule has 0 aliphatic heterocycles. The van der Waals surface area contributed by atoms with E-state index in [0.717, 1.165) is 16.6 Å². The zero-order valence-corrected chi connectivity index (χ0v) is 15.7. The maximum Gasteiger partial charge on any atom is 0.418 e. The number of carbonyl (C=O) groups excluding carboxylic acids is 2. The van der Waals surface area contributed by atoms with Gasteiger partial charge in [0.05, 0.1) is 25.3 Å². The number of nitrogens with one attached hydrogen (secondary N) is 1. The summed E-state index contributed by atoms with van der Waals surface area (Å²) < 4.78 is 11.3. The fourth-order valence-corrected chi connectivity index (χ4v) is 2.98. The van der Waals surface area contributed by atoms with Crippen LogP contribution in [-0.2, 0) is 20.3 Å². The smallest absolute Gasteiger partial charge is 0.418 e. The normalized spacial score (nSPS) is 12.5. The van der Waals surface area contributed by atoms with E-state index in [1.807, 2.05) is 20.8 Å². The summed E-state index contributed by atoms with van der Waals surface area (Å²) in [6, 6.07) is 0. The molecular weight excluding hydrogens is 308 g/mol. The number of esters is 1. The van der Waals surface area contributed by atoms with Crippen molar-refractivity contribution in [3.8, 4) is 0 Å². The van der Waals surface area contributed by atoms with Crippen molar-refractivity contribution in [2.75, 3.05) is 14.2 Å². The number of hydrogen-bond donors (Lipinski definition) is 1. The third kappa shape index (κ3) is 2.81. The van der Waals surface area contributed by atoms with Crippen molar-refractivity contribution >= 4 is 23.1 Å². The summed E-state index contributed by atoms with van der Waals surface area (Å²) in [6.45, 7) is 12.1. The van der Waals surface area contributed by atoms with Crippen LogP contribution >= 0.6 is 0 Å². The number of methoxy groups -OCH3 is 2. The molecule has 0 saturated heterocycles. The first kappa shape index (κ1) is 18.1. The molecule has 2 aromatic rings. The molecule has 132 valence electrons. The number of aromatic nitrogens is 2. The molecule has 2 aromatic heterocycles. The minimum Gasteiger partial charge on any atom is -0.464 e. The Morgan fingerprint density at radius 2 is 1.58 bits per heavy atom. The number of carbonyl (C=O) groups is 2. The highest BCUT2D eigenvalue weighted by Crippen LogP contribution is 2.39. The fourth-order valence-electron chi connectivity index (χ4n) is 2.98. The Labute approximate surface area is 142 Å². The van der Waals surface area contributed by atoms with Gasteiger partial charge in [-0.1, -0.05) is 41.5 Å². The van der Waals surface area contributed by atoms with Crippen molar-refractivity contribution in [1.29, 1.82) is 0 Å². The van der Waals surface area contributed by atoms with Crippen LogP contribution < -0.4 is 0 Å². The quantitative estimate of drug-likeness (QED) is 0.801. The van der Waals surface area contributed by atoms with Gasteiger partial charge < -0.3 is 14.5 Å². The Morgan fingerprint density at radius 3 is 2.00 bits per heavy atom. The monoisotopic (exact) mass is 334 g/mol. The van der Waals surface area contributed by atoms with Crippen LogP contribution in [0.25, 0.3) is 11.0 Å². The van der Waals surface area contributed by atoms with Crippen LogP contribution in [0.15, 0.2) is 6.20 Å². The molecule has 1 N–H and O–H groups in total. The number of fused-ring (bicyclic) bond motifs is 1. The SMILES string of the molecule is COC(=O)c1[nH]c2c(C(C)(C)C)cn(C(=O)OC)c2c1C(C)(C)C. The van der Waals surface area contributed by atoms with Gasteiger partial charge in [0.2, 0.25) is 0 Å². The van der Waals surface area contributed by atoms with Crippen LogP contribution in [0.5, 0.6) is 0 Å². The molecule has 0 radical (unpaired) electrons. The number of nitrogens with zero attached hydrogens (tertiary/aromatic N) is 1. The van der Waals surface area contributed by atoms with E-state index in [4.69, 9.17) is 9.47 Å². The molecule has 0 amide bonds. The van der Waals surface area contributed by atoms with Gasteiger partial charge in [-0.15, -0.1) is 0 Å². The first-order valence-electron chi connectivity index (χ1n) is 7.88. The van der Waals surface area contributed by atoms with Crippen molar-refractivity contribution in [2.24, 2.45) is 0 Å². The Hall–Kier alpha value is -2.24. The van der Waals surface area contributed by atoms with Gasteiger partial charge in [0, 0.05) is 11.8 Å². The van der Waals surface area contributed by atoms with Gasteiger partial charge in [-0.3, -0.25) is 4.57 Å². The van der Waals surface area contributed by atoms with Crippen LogP contribution in [0, 0.1) is 0 Å². The molecule has 6 nitrogen and oxygen atoms in total. The standard InChI is InChI=1S/C18H26N2O4/c1-17(2,3)10-9-20(16(22)24-8)14-11(18(4,5)6)13(15(21)23-7)19-12(10)14/h9,19H,1-8H3. The molecule has 0 aliphatic rings. The van der Waals surface area contributed by atoms with Crippen molar-refractivity contribution in [1.82, 2.24) is 9.55 Å². The maximum atomic E-state index is 12.3. The summed E-state index contributed by atoms with van der Waals surface area (Å²) in [5.74, 6) is -0.451.